The number of rotatable bonds is 19. The maximum absolute atomic E-state index is 13.9. The van der Waals surface area contributed by atoms with E-state index in [0.29, 0.717) is 17.7 Å². The number of hydrogen-bond donors (Lipinski definition) is 8. The zero-order valence-electron chi connectivity index (χ0n) is 25.5. The lowest BCUT2D eigenvalue weighted by atomic mass is 10.0. The number of amides is 5. The first-order valence-electron chi connectivity index (χ1n) is 14.7. The molecule has 46 heavy (non-hydrogen) atoms. The highest BCUT2D eigenvalue weighted by Crippen LogP contribution is 2.21. The highest BCUT2D eigenvalue weighted by atomic mass is 32.2. The van der Waals surface area contributed by atoms with Crippen LogP contribution in [0.25, 0.3) is 0 Å². The van der Waals surface area contributed by atoms with Crippen molar-refractivity contribution in [3.05, 3.63) is 29.8 Å². The van der Waals surface area contributed by atoms with Crippen molar-refractivity contribution in [1.29, 1.82) is 0 Å². The Morgan fingerprint density at radius 3 is 2.15 bits per heavy atom. The first kappa shape index (κ1) is 37.8. The number of phenols is 1. The van der Waals surface area contributed by atoms with Gasteiger partial charge in [-0.25, -0.2) is 4.79 Å². The molecule has 5 atom stereocenters. The van der Waals surface area contributed by atoms with E-state index < -0.39 is 78.1 Å². The molecular weight excluding hydrogens is 624 g/mol. The monoisotopic (exact) mass is 666 g/mol. The molecule has 2 rings (SSSR count). The number of benzene rings is 1. The van der Waals surface area contributed by atoms with Crippen molar-refractivity contribution >= 4 is 53.2 Å². The normalized spacial score (nSPS) is 16.8. The lowest BCUT2D eigenvalue weighted by Crippen LogP contribution is -2.58. The predicted molar refractivity (Wildman–Crippen MR) is 166 cm³/mol. The largest absolute Gasteiger partial charge is 0.508 e. The topological polar surface area (TPSA) is 272 Å². The molecule has 1 aliphatic rings. The van der Waals surface area contributed by atoms with Gasteiger partial charge in [0.2, 0.25) is 29.5 Å². The number of carbonyl (C=O) groups is 7. The second kappa shape index (κ2) is 18.6. The fourth-order valence-electron chi connectivity index (χ4n) is 4.85. The number of likely N-dealkylation sites (tertiary alicyclic amines) is 1. The lowest BCUT2D eigenvalue weighted by molar-refractivity contribution is -0.144. The van der Waals surface area contributed by atoms with Crippen LogP contribution in [0.5, 0.6) is 5.75 Å². The molecule has 17 heteroatoms. The molecule has 1 aliphatic heterocycles. The van der Waals surface area contributed by atoms with Gasteiger partial charge in [-0.2, -0.15) is 11.8 Å². The summed E-state index contributed by atoms with van der Waals surface area (Å²) in [6.45, 7) is 0.171. The third-order valence-electron chi connectivity index (χ3n) is 7.37. The van der Waals surface area contributed by atoms with Gasteiger partial charge >= 0.3 is 11.9 Å². The van der Waals surface area contributed by atoms with Gasteiger partial charge in [-0.1, -0.05) is 12.1 Å². The number of hydrogen-bond acceptors (Lipinski definition) is 10. The number of nitrogens with two attached hydrogens (primary N) is 2. The van der Waals surface area contributed by atoms with Crippen LogP contribution in [0.1, 0.15) is 50.5 Å². The Bertz CT molecular complexity index is 1260. The molecule has 10 N–H and O–H groups in total. The van der Waals surface area contributed by atoms with Gasteiger partial charge in [0.25, 0.3) is 0 Å². The minimum absolute atomic E-state index is 0.00274. The molecule has 1 heterocycles. The van der Waals surface area contributed by atoms with E-state index in [0.717, 1.165) is 0 Å². The summed E-state index contributed by atoms with van der Waals surface area (Å²) < 4.78 is 0. The van der Waals surface area contributed by atoms with Crippen LogP contribution in [0.4, 0.5) is 0 Å². The number of carboxylic acid groups (broad SMARTS) is 2. The first-order chi connectivity index (χ1) is 21.7. The van der Waals surface area contributed by atoms with Crippen molar-refractivity contribution in [3.63, 3.8) is 0 Å². The zero-order valence-corrected chi connectivity index (χ0v) is 26.3. The van der Waals surface area contributed by atoms with Gasteiger partial charge < -0.3 is 47.6 Å². The average Bonchev–Trinajstić information content (AvgIpc) is 3.50. The molecule has 1 aromatic carbocycles. The number of thioether (sulfide) groups is 1. The van der Waals surface area contributed by atoms with Gasteiger partial charge in [0.05, 0.1) is 6.04 Å². The molecule has 16 nitrogen and oxygen atoms in total. The summed E-state index contributed by atoms with van der Waals surface area (Å²) in [7, 11) is 0. The summed E-state index contributed by atoms with van der Waals surface area (Å²) in [5, 5.41) is 35.5. The van der Waals surface area contributed by atoms with Crippen molar-refractivity contribution in [1.82, 2.24) is 20.9 Å². The SMILES string of the molecule is CSCC[C@H](NC(=O)[C@@H]1CCCN1C(=O)[C@H](Cc1ccc(O)cc1)NC(=O)[C@@H](N)CCC(N)=O)C(=O)N[C@@H](CCC(=O)O)C(=O)O. The summed E-state index contributed by atoms with van der Waals surface area (Å²) in [4.78, 5) is 88.3. The van der Waals surface area contributed by atoms with Crippen molar-refractivity contribution in [2.75, 3.05) is 18.6 Å². The highest BCUT2D eigenvalue weighted by molar-refractivity contribution is 7.98. The molecule has 0 saturated carbocycles. The molecule has 1 fully saturated rings. The molecule has 0 unspecified atom stereocenters. The first-order valence-corrected chi connectivity index (χ1v) is 16.1. The molecule has 0 aromatic heterocycles. The summed E-state index contributed by atoms with van der Waals surface area (Å²) >= 11 is 1.39. The minimum Gasteiger partial charge on any atom is -0.508 e. The molecule has 1 aromatic rings. The maximum atomic E-state index is 13.9. The lowest BCUT2D eigenvalue weighted by Gasteiger charge is -2.30. The van der Waals surface area contributed by atoms with Crippen LogP contribution in [0, 0.1) is 0 Å². The maximum Gasteiger partial charge on any atom is 0.326 e. The van der Waals surface area contributed by atoms with Crippen LogP contribution in [-0.2, 0) is 40.0 Å². The smallest absolute Gasteiger partial charge is 0.326 e. The summed E-state index contributed by atoms with van der Waals surface area (Å²) in [6, 6.07) is -0.00773. The summed E-state index contributed by atoms with van der Waals surface area (Å²) in [5.41, 5.74) is 11.7. The van der Waals surface area contributed by atoms with E-state index in [4.69, 9.17) is 16.6 Å². The van der Waals surface area contributed by atoms with Gasteiger partial charge in [0, 0.05) is 25.8 Å². The van der Waals surface area contributed by atoms with E-state index in [1.165, 1.54) is 28.8 Å². The van der Waals surface area contributed by atoms with E-state index >= 15 is 0 Å². The number of carbonyl (C=O) groups excluding carboxylic acids is 5. The fourth-order valence-corrected chi connectivity index (χ4v) is 5.32. The molecule has 0 spiro atoms. The number of phenolic OH excluding ortho intramolecular Hbond substituents is 1. The Hall–Kier alpha value is -4.38. The van der Waals surface area contributed by atoms with Crippen LogP contribution >= 0.6 is 11.8 Å². The third-order valence-corrected chi connectivity index (χ3v) is 8.02. The van der Waals surface area contributed by atoms with Crippen LogP contribution in [0.3, 0.4) is 0 Å². The Balaban J connectivity index is 2.24. The van der Waals surface area contributed by atoms with Gasteiger partial charge in [-0.15, -0.1) is 0 Å². The van der Waals surface area contributed by atoms with Crippen LogP contribution < -0.4 is 27.4 Å². The van der Waals surface area contributed by atoms with Crippen molar-refractivity contribution in [2.45, 2.75) is 81.6 Å². The average molecular weight is 667 g/mol. The highest BCUT2D eigenvalue weighted by Gasteiger charge is 2.39. The van der Waals surface area contributed by atoms with Crippen molar-refractivity contribution in [2.24, 2.45) is 11.5 Å². The molecule has 0 radical (unpaired) electrons. The van der Waals surface area contributed by atoms with Crippen LogP contribution in [0.2, 0.25) is 0 Å². The van der Waals surface area contributed by atoms with E-state index in [9.17, 15) is 43.8 Å². The Morgan fingerprint density at radius 2 is 1.57 bits per heavy atom. The van der Waals surface area contributed by atoms with Crippen LogP contribution in [0.15, 0.2) is 24.3 Å². The molecule has 1 saturated heterocycles. The van der Waals surface area contributed by atoms with Crippen molar-refractivity contribution < 1.29 is 48.9 Å². The van der Waals surface area contributed by atoms with E-state index in [2.05, 4.69) is 16.0 Å². The molecule has 0 bridgehead atoms. The molecule has 0 aliphatic carbocycles. The number of nitrogens with zero attached hydrogens (tertiary/aromatic N) is 1. The molecular formula is C29H42N6O10S. The Labute approximate surface area is 270 Å². The number of aliphatic carboxylic acids is 2. The Morgan fingerprint density at radius 1 is 0.913 bits per heavy atom. The second-order valence-electron chi connectivity index (χ2n) is 10.9. The van der Waals surface area contributed by atoms with E-state index in [1.54, 1.807) is 18.4 Å². The number of aromatic hydroxyl groups is 1. The third kappa shape index (κ3) is 12.2. The fraction of sp³-hybridized carbons (Fsp3) is 0.552. The zero-order chi connectivity index (χ0) is 34.4. The second-order valence-corrected chi connectivity index (χ2v) is 11.9. The standard InChI is InChI=1S/C29H42N6O10S/c1-46-14-12-19(26(41)33-20(29(44)45)9-11-24(38)39)32-27(42)22-3-2-13-35(22)28(43)21(15-16-4-6-17(36)7-5-16)34-25(40)18(30)8-10-23(31)37/h4-7,18-22,36H,2-3,8-15,30H2,1H3,(H2,31,37)(H,32,42)(H,33,41)(H,34,40)(H,38,39)(H,44,45)/t18-,19-,20-,21-,22-/m0/s1. The number of nitrogens with one attached hydrogen (secondary N) is 3. The molecule has 5 amide bonds. The van der Waals surface area contributed by atoms with Gasteiger partial charge in [-0.05, 0) is 61.8 Å². The van der Waals surface area contributed by atoms with Crippen molar-refractivity contribution in [3.8, 4) is 5.75 Å². The van der Waals surface area contributed by atoms with Gasteiger partial charge in [-0.3, -0.25) is 28.8 Å². The van der Waals surface area contributed by atoms with Gasteiger partial charge in [0.1, 0.15) is 29.9 Å². The summed E-state index contributed by atoms with van der Waals surface area (Å²) in [6.07, 6.45) is 1.57. The van der Waals surface area contributed by atoms with E-state index in [-0.39, 0.29) is 50.8 Å². The number of primary amides is 1. The van der Waals surface area contributed by atoms with Gasteiger partial charge in [0.15, 0.2) is 0 Å². The number of carboxylic acids is 2. The quantitative estimate of drug-likeness (QED) is 0.0854. The summed E-state index contributed by atoms with van der Waals surface area (Å²) in [5.74, 6) is -5.63. The predicted octanol–water partition coefficient (Wildman–Crippen LogP) is -1.32. The van der Waals surface area contributed by atoms with Crippen LogP contribution in [-0.4, -0.2) is 110 Å². The van der Waals surface area contributed by atoms with E-state index in [1.807, 2.05) is 0 Å². The Kier molecular flexibility index (Phi) is 15.3. The minimum atomic E-state index is -1.49. The molecule has 254 valence electrons.